The lowest BCUT2D eigenvalue weighted by Crippen LogP contribution is -2.41. The number of rotatable bonds is 8. The average molecular weight is 492 g/mol. The van der Waals surface area contributed by atoms with E-state index in [0.717, 1.165) is 0 Å². The van der Waals surface area contributed by atoms with Gasteiger partial charge in [-0.3, -0.25) is 20.4 Å². The Balaban J connectivity index is 1.52. The van der Waals surface area contributed by atoms with Gasteiger partial charge in [0.05, 0.1) is 24.4 Å². The predicted molar refractivity (Wildman–Crippen MR) is 125 cm³/mol. The monoisotopic (exact) mass is 491 g/mol. The fraction of sp³-hybridized carbons (Fsp3) is 0.261. The molecule has 0 aliphatic carbocycles. The topological polar surface area (TPSA) is 103 Å². The second-order valence-electron chi connectivity index (χ2n) is 7.28. The van der Waals surface area contributed by atoms with Gasteiger partial charge < -0.3 is 13.9 Å². The van der Waals surface area contributed by atoms with Crippen molar-refractivity contribution in [3.63, 3.8) is 0 Å². The molecule has 0 spiro atoms. The summed E-state index contributed by atoms with van der Waals surface area (Å²) in [7, 11) is 1.49. The number of carbonyl (C=O) groups excluding carboxylic acids is 2. The van der Waals surface area contributed by atoms with Crippen molar-refractivity contribution in [1.29, 1.82) is 0 Å². The van der Waals surface area contributed by atoms with E-state index in [4.69, 9.17) is 37.1 Å². The van der Waals surface area contributed by atoms with Crippen LogP contribution in [0, 0.1) is 0 Å². The number of ether oxygens (including phenoxy) is 2. The van der Waals surface area contributed by atoms with Crippen LogP contribution in [0.5, 0.6) is 11.5 Å². The normalized spacial score (nSPS) is 10.7. The summed E-state index contributed by atoms with van der Waals surface area (Å²) in [6.07, 6.45) is 1.78. The minimum Gasteiger partial charge on any atom is -0.493 e. The fourth-order valence-corrected chi connectivity index (χ4v) is 3.38. The van der Waals surface area contributed by atoms with E-state index in [1.54, 1.807) is 30.3 Å². The molecule has 0 radical (unpaired) electrons. The van der Waals surface area contributed by atoms with Crippen LogP contribution in [0.4, 0.5) is 0 Å². The molecule has 10 heteroatoms. The number of nitrogens with one attached hydrogen (secondary N) is 2. The zero-order valence-electron chi connectivity index (χ0n) is 18.3. The Hall–Kier alpha value is -3.23. The van der Waals surface area contributed by atoms with E-state index < -0.39 is 11.8 Å². The van der Waals surface area contributed by atoms with E-state index in [0.29, 0.717) is 44.3 Å². The third-order valence-electron chi connectivity index (χ3n) is 4.42. The molecule has 2 aromatic carbocycles. The number of halogens is 2. The number of amides is 2. The fourth-order valence-electron chi connectivity index (χ4n) is 2.88. The third kappa shape index (κ3) is 6.63. The van der Waals surface area contributed by atoms with Gasteiger partial charge in [-0.1, -0.05) is 23.2 Å². The zero-order chi connectivity index (χ0) is 24.0. The molecule has 33 heavy (non-hydrogen) atoms. The van der Waals surface area contributed by atoms with Crippen LogP contribution in [0.1, 0.15) is 36.5 Å². The van der Waals surface area contributed by atoms with Crippen LogP contribution in [-0.4, -0.2) is 30.0 Å². The Kier molecular flexibility index (Phi) is 8.19. The van der Waals surface area contributed by atoms with E-state index in [2.05, 4.69) is 15.8 Å². The Morgan fingerprint density at radius 3 is 2.58 bits per heavy atom. The lowest BCUT2D eigenvalue weighted by Gasteiger charge is -2.14. The molecule has 0 bridgehead atoms. The number of nitrogens with zero attached hydrogens (tertiary/aromatic N) is 1. The molecular weight excluding hydrogens is 469 g/mol. The van der Waals surface area contributed by atoms with Gasteiger partial charge >= 0.3 is 0 Å². The van der Waals surface area contributed by atoms with E-state index >= 15 is 0 Å². The molecule has 0 fully saturated rings. The van der Waals surface area contributed by atoms with Crippen molar-refractivity contribution in [2.24, 2.45) is 0 Å². The Labute approximate surface area is 201 Å². The first kappa shape index (κ1) is 24.4. The van der Waals surface area contributed by atoms with Gasteiger partial charge in [-0.05, 0) is 50.2 Å². The smallest absolute Gasteiger partial charge is 0.269 e. The van der Waals surface area contributed by atoms with Gasteiger partial charge in [-0.25, -0.2) is 4.98 Å². The third-order valence-corrected chi connectivity index (χ3v) is 4.97. The molecule has 0 aliphatic rings. The van der Waals surface area contributed by atoms with Gasteiger partial charge in [0, 0.05) is 29.0 Å². The van der Waals surface area contributed by atoms with Gasteiger partial charge in [-0.15, -0.1) is 0 Å². The van der Waals surface area contributed by atoms with Crippen LogP contribution in [0.3, 0.4) is 0 Å². The molecule has 1 aromatic heterocycles. The molecule has 2 N–H and O–H groups in total. The van der Waals surface area contributed by atoms with E-state index in [9.17, 15) is 9.59 Å². The highest BCUT2D eigenvalue weighted by Gasteiger charge is 2.14. The Bertz CT molecular complexity index is 1150. The molecule has 8 nitrogen and oxygen atoms in total. The van der Waals surface area contributed by atoms with Crippen LogP contribution in [-0.2, 0) is 11.2 Å². The summed E-state index contributed by atoms with van der Waals surface area (Å²) in [5.41, 5.74) is 5.70. The van der Waals surface area contributed by atoms with Crippen molar-refractivity contribution >= 4 is 35.0 Å². The number of hydrogen-bond donors (Lipinski definition) is 2. The molecule has 3 rings (SSSR count). The standard InChI is InChI=1S/C23H23Cl2N3O5/c1-13(2)32-18-7-4-14(10-19(18)31-3)23(30)28-27-21(29)8-9-22-26-12-20(33-22)16-6-5-15(24)11-17(16)25/h4-7,10-13H,8-9H2,1-3H3,(H,27,29)(H,28,30). The highest BCUT2D eigenvalue weighted by atomic mass is 35.5. The number of oxazole rings is 1. The quantitative estimate of drug-likeness (QED) is 0.437. The second kappa shape index (κ2) is 11.1. The highest BCUT2D eigenvalue weighted by Crippen LogP contribution is 2.31. The summed E-state index contributed by atoms with van der Waals surface area (Å²) >= 11 is 12.1. The molecule has 2 amide bonds. The first-order valence-corrected chi connectivity index (χ1v) is 10.9. The molecule has 0 atom stereocenters. The van der Waals surface area contributed by atoms with Gasteiger partial charge in [0.2, 0.25) is 5.91 Å². The summed E-state index contributed by atoms with van der Waals surface area (Å²) in [6, 6.07) is 9.79. The number of aryl methyl sites for hydroxylation is 1. The van der Waals surface area contributed by atoms with Crippen molar-refractivity contribution < 1.29 is 23.5 Å². The summed E-state index contributed by atoms with van der Waals surface area (Å²) in [5.74, 6) is 0.886. The number of methoxy groups -OCH3 is 1. The Morgan fingerprint density at radius 1 is 1.09 bits per heavy atom. The van der Waals surface area contributed by atoms with Crippen LogP contribution in [0.15, 0.2) is 47.0 Å². The first-order chi connectivity index (χ1) is 15.8. The summed E-state index contributed by atoms with van der Waals surface area (Å²) in [4.78, 5) is 28.7. The van der Waals surface area contributed by atoms with E-state index in [-0.39, 0.29) is 18.9 Å². The number of hydrogen-bond acceptors (Lipinski definition) is 6. The molecule has 0 aliphatic heterocycles. The zero-order valence-corrected chi connectivity index (χ0v) is 19.8. The molecule has 0 saturated carbocycles. The van der Waals surface area contributed by atoms with E-state index in [1.807, 2.05) is 13.8 Å². The average Bonchev–Trinajstić information content (AvgIpc) is 3.24. The number of benzene rings is 2. The van der Waals surface area contributed by atoms with Crippen LogP contribution in [0.25, 0.3) is 11.3 Å². The van der Waals surface area contributed by atoms with Gasteiger partial charge in [0.1, 0.15) is 0 Å². The minimum atomic E-state index is -0.492. The van der Waals surface area contributed by atoms with Crippen molar-refractivity contribution in [2.75, 3.05) is 7.11 Å². The molecule has 174 valence electrons. The van der Waals surface area contributed by atoms with Crippen LogP contribution >= 0.6 is 23.2 Å². The molecule has 1 heterocycles. The molecule has 3 aromatic rings. The molecular formula is C23H23Cl2N3O5. The Morgan fingerprint density at radius 2 is 1.88 bits per heavy atom. The maximum atomic E-state index is 12.4. The lowest BCUT2D eigenvalue weighted by atomic mass is 10.2. The van der Waals surface area contributed by atoms with Crippen molar-refractivity contribution in [1.82, 2.24) is 15.8 Å². The van der Waals surface area contributed by atoms with Crippen molar-refractivity contribution in [2.45, 2.75) is 32.8 Å². The number of hydrazine groups is 1. The van der Waals surface area contributed by atoms with Crippen LogP contribution in [0.2, 0.25) is 10.0 Å². The molecule has 0 saturated heterocycles. The van der Waals surface area contributed by atoms with Crippen LogP contribution < -0.4 is 20.3 Å². The molecule has 0 unspecified atom stereocenters. The van der Waals surface area contributed by atoms with Gasteiger partial charge in [-0.2, -0.15) is 0 Å². The van der Waals surface area contributed by atoms with Crippen molar-refractivity contribution in [3.05, 3.63) is 64.1 Å². The van der Waals surface area contributed by atoms with E-state index in [1.165, 1.54) is 19.4 Å². The lowest BCUT2D eigenvalue weighted by molar-refractivity contribution is -0.121. The second-order valence-corrected chi connectivity index (χ2v) is 8.12. The summed E-state index contributed by atoms with van der Waals surface area (Å²) < 4.78 is 16.6. The highest BCUT2D eigenvalue weighted by molar-refractivity contribution is 6.36. The summed E-state index contributed by atoms with van der Waals surface area (Å²) in [5, 5.41) is 0.951. The number of aromatic nitrogens is 1. The predicted octanol–water partition coefficient (Wildman–Crippen LogP) is 4.84. The maximum Gasteiger partial charge on any atom is 0.269 e. The van der Waals surface area contributed by atoms with Gasteiger partial charge in [0.25, 0.3) is 5.91 Å². The number of carbonyl (C=O) groups is 2. The SMILES string of the molecule is COc1cc(C(=O)NNC(=O)CCc2ncc(-c3ccc(Cl)cc3Cl)o2)ccc1OC(C)C. The minimum absolute atomic E-state index is 0.0410. The largest absolute Gasteiger partial charge is 0.493 e. The maximum absolute atomic E-state index is 12.4. The van der Waals surface area contributed by atoms with Gasteiger partial charge in [0.15, 0.2) is 23.1 Å². The first-order valence-electron chi connectivity index (χ1n) is 10.1. The van der Waals surface area contributed by atoms with Crippen molar-refractivity contribution in [3.8, 4) is 22.8 Å². The summed E-state index contributed by atoms with van der Waals surface area (Å²) in [6.45, 7) is 3.78.